The number of halogens is 1. The summed E-state index contributed by atoms with van der Waals surface area (Å²) >= 11 is 5.00. The second-order valence-electron chi connectivity index (χ2n) is 4.14. The third kappa shape index (κ3) is 2.27. The standard InChI is InChI=1S/C13H12BrN3OS/c1-8-6-9(14)2-3-11(8)18-12-10(7-15)17-4-5-19-13(17)16-12/h2-6H,7,15H2,1H3. The summed E-state index contributed by atoms with van der Waals surface area (Å²) in [5.41, 5.74) is 7.73. The predicted molar refractivity (Wildman–Crippen MR) is 79.9 cm³/mol. The van der Waals surface area contributed by atoms with E-state index in [2.05, 4.69) is 20.9 Å². The average Bonchev–Trinajstić information content (AvgIpc) is 2.92. The van der Waals surface area contributed by atoms with Crippen LogP contribution in [0.1, 0.15) is 11.3 Å². The van der Waals surface area contributed by atoms with Gasteiger partial charge in [-0.15, -0.1) is 11.3 Å². The third-order valence-electron chi connectivity index (χ3n) is 2.86. The molecule has 0 spiro atoms. The average molecular weight is 338 g/mol. The highest BCUT2D eigenvalue weighted by Gasteiger charge is 2.14. The monoisotopic (exact) mass is 337 g/mol. The van der Waals surface area contributed by atoms with E-state index in [1.807, 2.05) is 41.1 Å². The van der Waals surface area contributed by atoms with Crippen molar-refractivity contribution < 1.29 is 4.74 Å². The number of rotatable bonds is 3. The highest BCUT2D eigenvalue weighted by atomic mass is 79.9. The Morgan fingerprint density at radius 1 is 1.47 bits per heavy atom. The van der Waals surface area contributed by atoms with Crippen LogP contribution in [0.15, 0.2) is 34.2 Å². The number of hydrogen-bond acceptors (Lipinski definition) is 4. The topological polar surface area (TPSA) is 52.5 Å². The first-order valence-corrected chi connectivity index (χ1v) is 7.45. The predicted octanol–water partition coefficient (Wildman–Crippen LogP) is 3.72. The molecule has 0 atom stereocenters. The number of aryl methyl sites for hydroxylation is 1. The number of imidazole rings is 1. The van der Waals surface area contributed by atoms with E-state index in [1.165, 1.54) is 0 Å². The Bertz CT molecular complexity index is 735. The largest absolute Gasteiger partial charge is 0.437 e. The van der Waals surface area contributed by atoms with Crippen molar-refractivity contribution in [3.05, 3.63) is 45.5 Å². The van der Waals surface area contributed by atoms with Gasteiger partial charge in [0.05, 0.1) is 0 Å². The summed E-state index contributed by atoms with van der Waals surface area (Å²) in [5, 5.41) is 1.98. The van der Waals surface area contributed by atoms with Crippen LogP contribution in [0, 0.1) is 6.92 Å². The second-order valence-corrected chi connectivity index (χ2v) is 5.92. The van der Waals surface area contributed by atoms with E-state index in [4.69, 9.17) is 10.5 Å². The number of nitrogens with two attached hydrogens (primary N) is 1. The fourth-order valence-electron chi connectivity index (χ4n) is 1.91. The minimum atomic E-state index is 0.392. The normalized spacial score (nSPS) is 11.1. The van der Waals surface area contributed by atoms with Gasteiger partial charge in [-0.2, -0.15) is 4.98 Å². The van der Waals surface area contributed by atoms with Crippen LogP contribution in [0.2, 0.25) is 0 Å². The number of benzene rings is 1. The zero-order valence-corrected chi connectivity index (χ0v) is 12.7. The molecule has 1 aromatic carbocycles. The molecule has 0 aliphatic rings. The van der Waals surface area contributed by atoms with E-state index in [1.54, 1.807) is 11.3 Å². The molecule has 0 aliphatic carbocycles. The lowest BCUT2D eigenvalue weighted by Gasteiger charge is -2.08. The number of nitrogens with zero attached hydrogens (tertiary/aromatic N) is 2. The molecule has 98 valence electrons. The van der Waals surface area contributed by atoms with Crippen LogP contribution in [-0.2, 0) is 6.54 Å². The fraction of sp³-hybridized carbons (Fsp3) is 0.154. The minimum Gasteiger partial charge on any atom is -0.437 e. The summed E-state index contributed by atoms with van der Waals surface area (Å²) in [6, 6.07) is 5.88. The molecule has 2 aromatic heterocycles. The van der Waals surface area contributed by atoms with Gasteiger partial charge in [-0.3, -0.25) is 4.40 Å². The molecule has 4 nitrogen and oxygen atoms in total. The molecule has 0 radical (unpaired) electrons. The zero-order valence-electron chi connectivity index (χ0n) is 10.3. The first-order valence-electron chi connectivity index (χ1n) is 5.77. The van der Waals surface area contributed by atoms with Gasteiger partial charge < -0.3 is 10.5 Å². The molecule has 0 amide bonds. The molecule has 6 heteroatoms. The van der Waals surface area contributed by atoms with E-state index in [0.717, 1.165) is 26.4 Å². The van der Waals surface area contributed by atoms with Crippen LogP contribution in [0.5, 0.6) is 11.6 Å². The number of hydrogen-bond donors (Lipinski definition) is 1. The van der Waals surface area contributed by atoms with Crippen LogP contribution in [0.3, 0.4) is 0 Å². The van der Waals surface area contributed by atoms with Crippen molar-refractivity contribution in [3.63, 3.8) is 0 Å². The van der Waals surface area contributed by atoms with E-state index in [0.29, 0.717) is 12.4 Å². The summed E-state index contributed by atoms with van der Waals surface area (Å²) in [5.74, 6) is 1.38. The maximum absolute atomic E-state index is 5.90. The van der Waals surface area contributed by atoms with Crippen molar-refractivity contribution in [2.75, 3.05) is 0 Å². The minimum absolute atomic E-state index is 0.392. The maximum Gasteiger partial charge on any atom is 0.243 e. The number of fused-ring (bicyclic) bond motifs is 1. The Balaban J connectivity index is 2.02. The molecule has 2 heterocycles. The van der Waals surface area contributed by atoms with Crippen molar-refractivity contribution in [1.29, 1.82) is 0 Å². The smallest absolute Gasteiger partial charge is 0.243 e. The Morgan fingerprint density at radius 2 is 2.32 bits per heavy atom. The summed E-state index contributed by atoms with van der Waals surface area (Å²) in [7, 11) is 0. The number of ether oxygens (including phenoxy) is 1. The van der Waals surface area contributed by atoms with Gasteiger partial charge in [-0.05, 0) is 30.7 Å². The molecule has 0 aliphatic heterocycles. The van der Waals surface area contributed by atoms with E-state index in [-0.39, 0.29) is 0 Å². The SMILES string of the molecule is Cc1cc(Br)ccc1Oc1nc2sccn2c1CN. The van der Waals surface area contributed by atoms with Gasteiger partial charge in [0.2, 0.25) is 5.88 Å². The lowest BCUT2D eigenvalue weighted by Crippen LogP contribution is -2.02. The van der Waals surface area contributed by atoms with Gasteiger partial charge in [-0.25, -0.2) is 0 Å². The van der Waals surface area contributed by atoms with Crippen molar-refractivity contribution in [2.24, 2.45) is 5.73 Å². The van der Waals surface area contributed by atoms with E-state index >= 15 is 0 Å². The lowest BCUT2D eigenvalue weighted by atomic mass is 10.2. The molecule has 3 aromatic rings. The summed E-state index contributed by atoms with van der Waals surface area (Å²) in [4.78, 5) is 5.36. The van der Waals surface area contributed by atoms with Gasteiger partial charge in [0.1, 0.15) is 11.4 Å². The van der Waals surface area contributed by atoms with Crippen LogP contribution < -0.4 is 10.5 Å². The molecule has 19 heavy (non-hydrogen) atoms. The van der Waals surface area contributed by atoms with Crippen LogP contribution >= 0.6 is 27.3 Å². The molecule has 2 N–H and O–H groups in total. The first-order chi connectivity index (χ1) is 9.19. The molecule has 0 fully saturated rings. The van der Waals surface area contributed by atoms with Gasteiger partial charge in [0, 0.05) is 22.6 Å². The lowest BCUT2D eigenvalue weighted by molar-refractivity contribution is 0.456. The van der Waals surface area contributed by atoms with E-state index < -0.39 is 0 Å². The Morgan fingerprint density at radius 3 is 3.05 bits per heavy atom. The van der Waals surface area contributed by atoms with Crippen molar-refractivity contribution >= 4 is 32.2 Å². The summed E-state index contributed by atoms with van der Waals surface area (Å²) in [6.07, 6.45) is 1.95. The van der Waals surface area contributed by atoms with Crippen LogP contribution in [0.4, 0.5) is 0 Å². The zero-order chi connectivity index (χ0) is 13.4. The summed E-state index contributed by atoms with van der Waals surface area (Å²) < 4.78 is 8.90. The highest BCUT2D eigenvalue weighted by Crippen LogP contribution is 2.30. The fourth-order valence-corrected chi connectivity index (χ4v) is 3.11. The Hall–Kier alpha value is -1.37. The van der Waals surface area contributed by atoms with Gasteiger partial charge in [0.25, 0.3) is 0 Å². The maximum atomic E-state index is 5.90. The molecule has 0 saturated carbocycles. The molecule has 0 saturated heterocycles. The third-order valence-corrected chi connectivity index (χ3v) is 4.11. The molecule has 0 unspecified atom stereocenters. The molecular weight excluding hydrogens is 326 g/mol. The first kappa shape index (κ1) is 12.7. The Kier molecular flexibility index (Phi) is 3.30. The van der Waals surface area contributed by atoms with Crippen molar-refractivity contribution in [3.8, 4) is 11.6 Å². The summed E-state index contributed by atoms with van der Waals surface area (Å²) in [6.45, 7) is 2.39. The van der Waals surface area contributed by atoms with Crippen molar-refractivity contribution in [2.45, 2.75) is 13.5 Å². The van der Waals surface area contributed by atoms with Crippen molar-refractivity contribution in [1.82, 2.24) is 9.38 Å². The second kappa shape index (κ2) is 4.96. The number of aromatic nitrogens is 2. The molecule has 3 rings (SSSR count). The molecule has 0 bridgehead atoms. The number of thiazole rings is 1. The van der Waals surface area contributed by atoms with Gasteiger partial charge >= 0.3 is 0 Å². The van der Waals surface area contributed by atoms with E-state index in [9.17, 15) is 0 Å². The van der Waals surface area contributed by atoms with Crippen LogP contribution in [0.25, 0.3) is 4.96 Å². The van der Waals surface area contributed by atoms with Crippen LogP contribution in [-0.4, -0.2) is 9.38 Å². The highest BCUT2D eigenvalue weighted by molar-refractivity contribution is 9.10. The van der Waals surface area contributed by atoms with Gasteiger partial charge in [-0.1, -0.05) is 15.9 Å². The molecular formula is C13H12BrN3OS. The quantitative estimate of drug-likeness (QED) is 0.792. The Labute approximate surface area is 123 Å². The van der Waals surface area contributed by atoms with Gasteiger partial charge in [0.15, 0.2) is 4.96 Å².